The Bertz CT molecular complexity index is 1360. The average Bonchev–Trinajstić information content (AvgIpc) is 3.15. The topological polar surface area (TPSA) is 77.1 Å². The third kappa shape index (κ3) is 3.32. The van der Waals surface area contributed by atoms with Crippen LogP contribution in [0.5, 0.6) is 5.75 Å². The van der Waals surface area contributed by atoms with Crippen LogP contribution in [0.1, 0.15) is 12.5 Å². The van der Waals surface area contributed by atoms with Gasteiger partial charge in [-0.1, -0.05) is 48.1 Å². The summed E-state index contributed by atoms with van der Waals surface area (Å²) in [6, 6.07) is 20.7. The predicted octanol–water partition coefficient (Wildman–Crippen LogP) is 4.53. The summed E-state index contributed by atoms with van der Waals surface area (Å²) < 4.78 is 2.22. The largest absolute Gasteiger partial charge is 0.392 e. The molecule has 150 valence electrons. The van der Waals surface area contributed by atoms with Gasteiger partial charge in [-0.25, -0.2) is 10.4 Å². The molecule has 0 fully saturated rings. The van der Waals surface area contributed by atoms with Gasteiger partial charge >= 0.3 is 0 Å². The summed E-state index contributed by atoms with van der Waals surface area (Å²) in [6.07, 6.45) is 3.83. The third-order valence-electron chi connectivity index (χ3n) is 5.40. The quantitative estimate of drug-likeness (QED) is 0.290. The highest BCUT2D eigenvalue weighted by molar-refractivity contribution is 6.08. The van der Waals surface area contributed by atoms with E-state index in [2.05, 4.69) is 76.0 Å². The number of nitrogens with zero attached hydrogens (tertiary/aromatic N) is 2. The van der Waals surface area contributed by atoms with Crippen LogP contribution < -0.4 is 21.6 Å². The van der Waals surface area contributed by atoms with Gasteiger partial charge in [0.15, 0.2) is 5.75 Å². The van der Waals surface area contributed by atoms with Gasteiger partial charge in [-0.2, -0.15) is 0 Å². The number of anilines is 1. The monoisotopic (exact) mass is 397 g/mol. The fourth-order valence-electron chi connectivity index (χ4n) is 3.92. The van der Waals surface area contributed by atoms with Gasteiger partial charge in [0, 0.05) is 41.6 Å². The molecule has 2 heterocycles. The van der Waals surface area contributed by atoms with Crippen molar-refractivity contribution in [2.24, 2.45) is 0 Å². The van der Waals surface area contributed by atoms with Crippen LogP contribution in [-0.4, -0.2) is 9.55 Å². The minimum atomic E-state index is 0.530. The Kier molecular flexibility index (Phi) is 4.71. The lowest BCUT2D eigenvalue weighted by Gasteiger charge is -2.09. The average molecular weight is 397 g/mol. The number of aromatic nitrogens is 2. The van der Waals surface area contributed by atoms with E-state index in [-0.39, 0.29) is 0 Å². The third-order valence-corrected chi connectivity index (χ3v) is 5.40. The number of fused-ring (bicyclic) bond motifs is 4. The van der Waals surface area contributed by atoms with Crippen molar-refractivity contribution in [3.63, 3.8) is 0 Å². The molecule has 0 unspecified atom stereocenters. The van der Waals surface area contributed by atoms with E-state index in [1.165, 1.54) is 16.3 Å². The highest BCUT2D eigenvalue weighted by atomic mass is 16.7. The first-order valence-corrected chi connectivity index (χ1v) is 10.0. The molecule has 6 heteroatoms. The van der Waals surface area contributed by atoms with Crippen LogP contribution in [0, 0.1) is 0 Å². The van der Waals surface area contributed by atoms with Crippen LogP contribution in [0.15, 0.2) is 73.1 Å². The smallest absolute Gasteiger partial charge is 0.174 e. The van der Waals surface area contributed by atoms with Crippen molar-refractivity contribution in [3.8, 4) is 5.75 Å². The Morgan fingerprint density at radius 3 is 2.73 bits per heavy atom. The van der Waals surface area contributed by atoms with Gasteiger partial charge < -0.3 is 15.1 Å². The standard InChI is InChI=1S/C24H23N5O/c1-2-29-15-22(21-10-9-17-5-3-4-6-20(17)24(21)29)30-28-27-13-16-7-8-18-12-23(25)26-14-19(18)11-16/h3-12,14-15,27-28H,2,13H2,1H3,(H2,25,26). The zero-order valence-electron chi connectivity index (χ0n) is 16.7. The van der Waals surface area contributed by atoms with Gasteiger partial charge in [-0.3, -0.25) is 0 Å². The number of benzene rings is 3. The Morgan fingerprint density at radius 2 is 1.83 bits per heavy atom. The predicted molar refractivity (Wildman–Crippen MR) is 122 cm³/mol. The molecule has 0 aliphatic rings. The number of aryl methyl sites for hydroxylation is 1. The zero-order chi connectivity index (χ0) is 20.5. The maximum absolute atomic E-state index is 5.86. The number of nitrogen functional groups attached to an aromatic ring is 1. The van der Waals surface area contributed by atoms with Crippen molar-refractivity contribution < 1.29 is 4.84 Å². The summed E-state index contributed by atoms with van der Waals surface area (Å²) in [6.45, 7) is 3.62. The molecule has 5 aromatic rings. The maximum Gasteiger partial charge on any atom is 0.174 e. The Balaban J connectivity index is 1.32. The molecule has 0 aliphatic carbocycles. The highest BCUT2D eigenvalue weighted by Gasteiger charge is 2.12. The molecule has 5 rings (SSSR count). The molecule has 30 heavy (non-hydrogen) atoms. The van der Waals surface area contributed by atoms with Gasteiger partial charge in [0.25, 0.3) is 0 Å². The second-order valence-electron chi connectivity index (χ2n) is 7.31. The Morgan fingerprint density at radius 1 is 0.967 bits per heavy atom. The van der Waals surface area contributed by atoms with Gasteiger partial charge in [-0.05, 0) is 41.5 Å². The molecule has 3 aromatic carbocycles. The lowest BCUT2D eigenvalue weighted by Crippen LogP contribution is -2.34. The van der Waals surface area contributed by atoms with Crippen LogP contribution in [0.2, 0.25) is 0 Å². The van der Waals surface area contributed by atoms with E-state index in [9.17, 15) is 0 Å². The first kappa shape index (κ1) is 18.4. The van der Waals surface area contributed by atoms with Crippen molar-refractivity contribution in [1.29, 1.82) is 0 Å². The second kappa shape index (κ2) is 7.67. The normalized spacial score (nSPS) is 11.5. The van der Waals surface area contributed by atoms with Crippen LogP contribution in [0.3, 0.4) is 0 Å². The van der Waals surface area contributed by atoms with E-state index < -0.39 is 0 Å². The van der Waals surface area contributed by atoms with E-state index in [1.54, 1.807) is 6.20 Å². The number of hydrazine groups is 1. The number of nitrogens with two attached hydrogens (primary N) is 1. The van der Waals surface area contributed by atoms with E-state index >= 15 is 0 Å². The Labute approximate surface area is 174 Å². The van der Waals surface area contributed by atoms with E-state index in [4.69, 9.17) is 10.6 Å². The molecule has 0 bridgehead atoms. The summed E-state index contributed by atoms with van der Waals surface area (Å²) in [5, 5.41) is 5.67. The maximum atomic E-state index is 5.86. The summed E-state index contributed by atoms with van der Waals surface area (Å²) in [7, 11) is 0. The minimum absolute atomic E-state index is 0.530. The molecule has 6 nitrogen and oxygen atoms in total. The van der Waals surface area contributed by atoms with Crippen molar-refractivity contribution in [3.05, 3.63) is 78.6 Å². The molecule has 0 spiro atoms. The summed E-state index contributed by atoms with van der Waals surface area (Å²) in [5.74, 6) is 1.32. The molecule has 0 radical (unpaired) electrons. The fourth-order valence-corrected chi connectivity index (χ4v) is 3.92. The molecule has 0 aliphatic heterocycles. The van der Waals surface area contributed by atoms with E-state index in [1.807, 2.05) is 18.3 Å². The number of hydrogen-bond acceptors (Lipinski definition) is 5. The number of hydrogen-bond donors (Lipinski definition) is 3. The van der Waals surface area contributed by atoms with Gasteiger partial charge in [0.05, 0.1) is 5.52 Å². The highest BCUT2D eigenvalue weighted by Crippen LogP contribution is 2.33. The molecule has 4 N–H and O–H groups in total. The van der Waals surface area contributed by atoms with Crippen molar-refractivity contribution in [2.75, 3.05) is 5.73 Å². The summed E-state index contributed by atoms with van der Waals surface area (Å²) in [4.78, 5) is 10.0. The first-order chi connectivity index (χ1) is 14.7. The minimum Gasteiger partial charge on any atom is -0.392 e. The lowest BCUT2D eigenvalue weighted by molar-refractivity contribution is 0.149. The Hall–Kier alpha value is -3.61. The number of rotatable bonds is 6. The molecular weight excluding hydrogens is 374 g/mol. The molecule has 0 saturated carbocycles. The number of nitrogens with one attached hydrogen (secondary N) is 2. The molecule has 2 aromatic heterocycles. The molecular formula is C24H23N5O. The summed E-state index contributed by atoms with van der Waals surface area (Å²) >= 11 is 0. The van der Waals surface area contributed by atoms with Gasteiger partial charge in [0.2, 0.25) is 0 Å². The number of pyridine rings is 1. The first-order valence-electron chi connectivity index (χ1n) is 10.0. The summed E-state index contributed by atoms with van der Waals surface area (Å²) in [5.41, 5.74) is 14.1. The van der Waals surface area contributed by atoms with Gasteiger partial charge in [0.1, 0.15) is 5.82 Å². The van der Waals surface area contributed by atoms with E-state index in [0.29, 0.717) is 12.4 Å². The van der Waals surface area contributed by atoms with Crippen molar-refractivity contribution in [2.45, 2.75) is 20.0 Å². The zero-order valence-corrected chi connectivity index (χ0v) is 16.7. The molecule has 0 amide bonds. The van der Waals surface area contributed by atoms with Crippen LogP contribution in [0.25, 0.3) is 32.4 Å². The fraction of sp³-hybridized carbons (Fsp3) is 0.125. The molecule has 0 atom stereocenters. The van der Waals surface area contributed by atoms with Crippen LogP contribution in [-0.2, 0) is 13.1 Å². The van der Waals surface area contributed by atoms with Gasteiger partial charge in [-0.15, -0.1) is 0 Å². The second-order valence-corrected chi connectivity index (χ2v) is 7.31. The SMILES string of the molecule is CCn1cc(ONNCc2ccc3cc(N)ncc3c2)c2ccc3ccccc3c21. The van der Waals surface area contributed by atoms with Crippen LogP contribution in [0.4, 0.5) is 5.82 Å². The van der Waals surface area contributed by atoms with Crippen molar-refractivity contribution >= 4 is 38.3 Å². The van der Waals surface area contributed by atoms with Crippen LogP contribution >= 0.6 is 0 Å². The van der Waals surface area contributed by atoms with E-state index in [0.717, 1.165) is 34.0 Å². The molecule has 0 saturated heterocycles. The lowest BCUT2D eigenvalue weighted by atomic mass is 10.1. The van der Waals surface area contributed by atoms with Crippen molar-refractivity contribution in [1.82, 2.24) is 20.6 Å².